The number of aliphatic hydroxyl groups is 2. The fraction of sp³-hybridized carbons (Fsp3) is 0.800. The Morgan fingerprint density at radius 3 is 2.65 bits per heavy atom. The van der Waals surface area contributed by atoms with Gasteiger partial charge in [-0.05, 0) is 26.7 Å². The van der Waals surface area contributed by atoms with Crippen LogP contribution in [0, 0.1) is 17.8 Å². The molecule has 4 fully saturated rings. The van der Waals surface area contributed by atoms with E-state index in [1.165, 1.54) is 0 Å². The Balaban J connectivity index is 1.81. The number of esters is 1. The van der Waals surface area contributed by atoms with Crippen LogP contribution in [-0.4, -0.2) is 45.7 Å². The quantitative estimate of drug-likeness (QED) is 0.381. The Morgan fingerprint density at radius 1 is 1.25 bits per heavy atom. The van der Waals surface area contributed by atoms with Crippen molar-refractivity contribution in [1.82, 2.24) is 0 Å². The highest BCUT2D eigenvalue weighted by molar-refractivity contribution is 5.90. The van der Waals surface area contributed by atoms with Crippen LogP contribution in [0.2, 0.25) is 0 Å². The smallest absolute Gasteiger partial charge is 0.334 e. The van der Waals surface area contributed by atoms with Crippen LogP contribution in [0.25, 0.3) is 0 Å². The third kappa shape index (κ3) is 1.36. The number of rotatable bonds is 0. The highest BCUT2D eigenvalue weighted by Crippen LogP contribution is 2.62. The molecule has 0 radical (unpaired) electrons. The van der Waals surface area contributed by atoms with Gasteiger partial charge in [0.2, 0.25) is 0 Å². The van der Waals surface area contributed by atoms with Gasteiger partial charge in [0, 0.05) is 23.3 Å². The fourth-order valence-corrected chi connectivity index (χ4v) is 4.81. The lowest BCUT2D eigenvalue weighted by molar-refractivity contribution is -0.160. The minimum Gasteiger partial charge on any atom is -0.458 e. The first-order valence-electron chi connectivity index (χ1n) is 7.25. The number of carbonyl (C=O) groups is 1. The fourth-order valence-electron chi connectivity index (χ4n) is 4.81. The normalized spacial score (nSPS) is 60.4. The van der Waals surface area contributed by atoms with E-state index in [1.807, 2.05) is 0 Å². The lowest BCUT2D eigenvalue weighted by Gasteiger charge is -2.40. The molecule has 8 atom stereocenters. The summed E-state index contributed by atoms with van der Waals surface area (Å²) in [6.45, 7) is 7.37. The molecule has 0 spiro atoms. The van der Waals surface area contributed by atoms with Crippen LogP contribution in [-0.2, 0) is 14.3 Å². The van der Waals surface area contributed by atoms with E-state index in [0.717, 1.165) is 0 Å². The molecular formula is C15H20O5. The molecular weight excluding hydrogens is 260 g/mol. The van der Waals surface area contributed by atoms with E-state index < -0.39 is 11.2 Å². The zero-order valence-electron chi connectivity index (χ0n) is 11.7. The maximum Gasteiger partial charge on any atom is 0.334 e. The van der Waals surface area contributed by atoms with Crippen molar-refractivity contribution < 1.29 is 24.5 Å². The largest absolute Gasteiger partial charge is 0.458 e. The lowest BCUT2D eigenvalue weighted by atomic mass is 9.73. The van der Waals surface area contributed by atoms with Gasteiger partial charge in [-0.3, -0.25) is 0 Å². The van der Waals surface area contributed by atoms with Crippen molar-refractivity contribution >= 4 is 5.97 Å². The molecule has 4 aliphatic rings. The molecule has 2 N–H and O–H groups in total. The first kappa shape index (κ1) is 12.8. The second-order valence-corrected chi connectivity index (χ2v) is 7.20. The van der Waals surface area contributed by atoms with Crippen LogP contribution in [0.1, 0.15) is 26.7 Å². The number of ether oxygens (including phenoxy) is 2. The number of epoxide rings is 1. The summed E-state index contributed by atoms with van der Waals surface area (Å²) in [5.41, 5.74) is -1.51. The third-order valence-corrected chi connectivity index (χ3v) is 5.90. The molecule has 5 heteroatoms. The van der Waals surface area contributed by atoms with Gasteiger partial charge in [-0.25, -0.2) is 4.79 Å². The van der Waals surface area contributed by atoms with Gasteiger partial charge in [-0.1, -0.05) is 6.58 Å². The molecule has 0 aromatic heterocycles. The summed E-state index contributed by atoms with van der Waals surface area (Å²) < 4.78 is 11.1. The van der Waals surface area contributed by atoms with Gasteiger partial charge in [-0.15, -0.1) is 0 Å². The zero-order chi connectivity index (χ0) is 14.4. The van der Waals surface area contributed by atoms with E-state index in [4.69, 9.17) is 9.47 Å². The molecule has 0 amide bonds. The monoisotopic (exact) mass is 280 g/mol. The van der Waals surface area contributed by atoms with Gasteiger partial charge in [0.05, 0.1) is 17.3 Å². The molecule has 5 nitrogen and oxygen atoms in total. The van der Waals surface area contributed by atoms with Crippen LogP contribution < -0.4 is 0 Å². The van der Waals surface area contributed by atoms with Crippen molar-refractivity contribution in [2.75, 3.05) is 0 Å². The van der Waals surface area contributed by atoms with E-state index in [0.29, 0.717) is 18.4 Å². The second-order valence-electron chi connectivity index (χ2n) is 7.20. The zero-order valence-corrected chi connectivity index (χ0v) is 11.7. The van der Waals surface area contributed by atoms with Crippen LogP contribution in [0.3, 0.4) is 0 Å². The Labute approximate surface area is 117 Å². The molecule has 0 aromatic carbocycles. The number of hydrogen-bond acceptors (Lipinski definition) is 5. The Hall–Kier alpha value is -0.910. The minimum absolute atomic E-state index is 0.104. The van der Waals surface area contributed by atoms with E-state index in [1.54, 1.807) is 13.8 Å². The average Bonchev–Trinajstić information content (AvgIpc) is 3.04. The van der Waals surface area contributed by atoms with Crippen molar-refractivity contribution in [2.24, 2.45) is 17.8 Å². The number of fused-ring (bicyclic) bond motifs is 5. The molecule has 20 heavy (non-hydrogen) atoms. The van der Waals surface area contributed by atoms with Crippen molar-refractivity contribution in [2.45, 2.75) is 56.2 Å². The Kier molecular flexibility index (Phi) is 2.21. The molecule has 2 saturated heterocycles. The van der Waals surface area contributed by atoms with Gasteiger partial charge >= 0.3 is 5.97 Å². The molecule has 2 saturated carbocycles. The topological polar surface area (TPSA) is 79.3 Å². The van der Waals surface area contributed by atoms with Crippen LogP contribution in [0.5, 0.6) is 0 Å². The van der Waals surface area contributed by atoms with Crippen molar-refractivity contribution in [3.8, 4) is 0 Å². The molecule has 2 aliphatic carbocycles. The number of hydrogen-bond donors (Lipinski definition) is 2. The summed E-state index contributed by atoms with van der Waals surface area (Å²) in [5, 5.41) is 21.6. The number of carbonyl (C=O) groups excluding carboxylic acids is 1. The maximum atomic E-state index is 11.8. The molecule has 2 aliphatic heterocycles. The van der Waals surface area contributed by atoms with Crippen LogP contribution in [0.4, 0.5) is 0 Å². The van der Waals surface area contributed by atoms with Gasteiger partial charge < -0.3 is 19.7 Å². The SMILES string of the molecule is C=C1C(=O)O[C@@H]2[C@H]3[C@H]([C@H]4O[C@H]4[C@@]3(C)O)[C@](C)(O)CC[C@@H]12. The highest BCUT2D eigenvalue weighted by Gasteiger charge is 2.75. The van der Waals surface area contributed by atoms with Crippen LogP contribution >= 0.6 is 0 Å². The first-order valence-corrected chi connectivity index (χ1v) is 7.25. The van der Waals surface area contributed by atoms with Gasteiger partial charge in [-0.2, -0.15) is 0 Å². The maximum absolute atomic E-state index is 11.8. The standard InChI is InChI=1S/C15H20O5/c1-6-7-4-5-14(2,17)8-9(10(7)20-13(6)16)15(3,18)12-11(8)19-12/h7-12,17-18H,1,4-5H2,2-3H3/t7-,8+,9+,10-,11+,12+,14+,15-/m0/s1. The van der Waals surface area contributed by atoms with Crippen molar-refractivity contribution in [1.29, 1.82) is 0 Å². The Morgan fingerprint density at radius 2 is 1.95 bits per heavy atom. The molecule has 0 bridgehead atoms. The second kappa shape index (κ2) is 3.46. The summed E-state index contributed by atoms with van der Waals surface area (Å²) in [6, 6.07) is 0. The molecule has 2 heterocycles. The summed E-state index contributed by atoms with van der Waals surface area (Å²) in [4.78, 5) is 11.8. The average molecular weight is 280 g/mol. The van der Waals surface area contributed by atoms with Gasteiger partial charge in [0.15, 0.2) is 0 Å². The Bertz CT molecular complexity index is 508. The van der Waals surface area contributed by atoms with Crippen molar-refractivity contribution in [3.63, 3.8) is 0 Å². The predicted octanol–water partition coefficient (Wildman–Crippen LogP) is 0.393. The van der Waals surface area contributed by atoms with Crippen LogP contribution in [0.15, 0.2) is 12.2 Å². The molecule has 4 rings (SSSR count). The summed E-state index contributed by atoms with van der Waals surface area (Å²) in [7, 11) is 0. The molecule has 0 aromatic rings. The molecule has 110 valence electrons. The minimum atomic E-state index is -1.07. The van der Waals surface area contributed by atoms with Gasteiger partial charge in [0.25, 0.3) is 0 Å². The third-order valence-electron chi connectivity index (χ3n) is 5.90. The predicted molar refractivity (Wildman–Crippen MR) is 68.6 cm³/mol. The van der Waals surface area contributed by atoms with Gasteiger partial charge in [0.1, 0.15) is 12.2 Å². The summed E-state index contributed by atoms with van der Waals surface area (Å²) in [5.74, 6) is -0.960. The highest BCUT2D eigenvalue weighted by atomic mass is 16.6. The van der Waals surface area contributed by atoms with Crippen molar-refractivity contribution in [3.05, 3.63) is 12.2 Å². The molecule has 0 unspecified atom stereocenters. The van der Waals surface area contributed by atoms with E-state index in [9.17, 15) is 15.0 Å². The lowest BCUT2D eigenvalue weighted by Crippen LogP contribution is -2.50. The summed E-state index contributed by atoms with van der Waals surface area (Å²) >= 11 is 0. The van der Waals surface area contributed by atoms with E-state index in [2.05, 4.69) is 6.58 Å². The van der Waals surface area contributed by atoms with E-state index in [-0.39, 0.29) is 42.0 Å². The van der Waals surface area contributed by atoms with E-state index >= 15 is 0 Å². The summed E-state index contributed by atoms with van der Waals surface area (Å²) in [6.07, 6.45) is 0.447. The first-order chi connectivity index (χ1) is 9.25.